The van der Waals surface area contributed by atoms with Gasteiger partial charge in [0.05, 0.1) is 17.9 Å². The number of hydrogen-bond donors (Lipinski definition) is 1. The van der Waals surface area contributed by atoms with Crippen LogP contribution in [0, 0.1) is 6.92 Å². The zero-order valence-electron chi connectivity index (χ0n) is 10.7. The van der Waals surface area contributed by atoms with Crippen molar-refractivity contribution >= 4 is 6.09 Å². The Bertz CT molecular complexity index is 543. The van der Waals surface area contributed by atoms with Gasteiger partial charge in [-0.2, -0.15) is 0 Å². The fourth-order valence-corrected chi connectivity index (χ4v) is 1.54. The molecule has 0 aliphatic carbocycles. The van der Waals surface area contributed by atoms with Crippen LogP contribution in [-0.2, 0) is 17.9 Å². The first-order valence-corrected chi connectivity index (χ1v) is 5.97. The Hall–Kier alpha value is -2.43. The third kappa shape index (κ3) is 4.06. The molecule has 0 aliphatic heterocycles. The predicted molar refractivity (Wildman–Crippen MR) is 70.2 cm³/mol. The summed E-state index contributed by atoms with van der Waals surface area (Å²) in [5, 5.41) is 2.65. The SMILES string of the molecule is Cc1nccnc1CNC(=O)OCc1ccccc1. The van der Waals surface area contributed by atoms with Crippen molar-refractivity contribution in [3.63, 3.8) is 0 Å². The lowest BCUT2D eigenvalue weighted by Crippen LogP contribution is -2.24. The van der Waals surface area contributed by atoms with Crippen LogP contribution in [0.5, 0.6) is 0 Å². The number of ether oxygens (including phenoxy) is 1. The molecule has 0 radical (unpaired) electrons. The van der Waals surface area contributed by atoms with Gasteiger partial charge >= 0.3 is 6.09 Å². The van der Waals surface area contributed by atoms with E-state index in [0.717, 1.165) is 17.0 Å². The molecule has 0 saturated heterocycles. The molecule has 1 aromatic heterocycles. The smallest absolute Gasteiger partial charge is 0.407 e. The van der Waals surface area contributed by atoms with E-state index in [4.69, 9.17) is 4.74 Å². The summed E-state index contributed by atoms with van der Waals surface area (Å²) in [6.07, 6.45) is 2.75. The Morgan fingerprint density at radius 3 is 2.68 bits per heavy atom. The van der Waals surface area contributed by atoms with Crippen LogP contribution in [-0.4, -0.2) is 16.1 Å². The van der Waals surface area contributed by atoms with Gasteiger partial charge in [-0.1, -0.05) is 30.3 Å². The molecule has 0 unspecified atom stereocenters. The van der Waals surface area contributed by atoms with Crippen LogP contribution in [0.25, 0.3) is 0 Å². The van der Waals surface area contributed by atoms with Gasteiger partial charge in [-0.3, -0.25) is 9.97 Å². The topological polar surface area (TPSA) is 64.1 Å². The number of amides is 1. The molecule has 0 aliphatic rings. The van der Waals surface area contributed by atoms with Crippen LogP contribution < -0.4 is 5.32 Å². The van der Waals surface area contributed by atoms with E-state index in [1.54, 1.807) is 12.4 Å². The first kappa shape index (κ1) is 13.0. The number of nitrogens with zero attached hydrogens (tertiary/aromatic N) is 2. The fraction of sp³-hybridized carbons (Fsp3) is 0.214. The number of carbonyl (C=O) groups excluding carboxylic acids is 1. The number of aromatic nitrogens is 2. The first-order valence-electron chi connectivity index (χ1n) is 5.97. The Morgan fingerprint density at radius 2 is 1.95 bits per heavy atom. The van der Waals surface area contributed by atoms with E-state index < -0.39 is 6.09 Å². The molecule has 0 bridgehead atoms. The fourth-order valence-electron chi connectivity index (χ4n) is 1.54. The summed E-state index contributed by atoms with van der Waals surface area (Å²) in [6, 6.07) is 9.53. The van der Waals surface area contributed by atoms with Gasteiger partial charge in [0.2, 0.25) is 0 Å². The number of aryl methyl sites for hydroxylation is 1. The molecule has 1 N–H and O–H groups in total. The Labute approximate surface area is 111 Å². The van der Waals surface area contributed by atoms with Gasteiger partial charge in [0.1, 0.15) is 6.61 Å². The third-order valence-corrected chi connectivity index (χ3v) is 2.60. The molecule has 0 spiro atoms. The van der Waals surface area contributed by atoms with Crippen LogP contribution >= 0.6 is 0 Å². The molecular weight excluding hydrogens is 242 g/mol. The van der Waals surface area contributed by atoms with Crippen LogP contribution in [0.15, 0.2) is 42.7 Å². The maximum Gasteiger partial charge on any atom is 0.407 e. The van der Waals surface area contributed by atoms with Gasteiger partial charge in [0.15, 0.2) is 0 Å². The largest absolute Gasteiger partial charge is 0.445 e. The Morgan fingerprint density at radius 1 is 1.21 bits per heavy atom. The number of nitrogens with one attached hydrogen (secondary N) is 1. The van der Waals surface area contributed by atoms with Crippen molar-refractivity contribution in [1.82, 2.24) is 15.3 Å². The van der Waals surface area contributed by atoms with Crippen molar-refractivity contribution in [3.8, 4) is 0 Å². The minimum Gasteiger partial charge on any atom is -0.445 e. The molecular formula is C14H15N3O2. The number of rotatable bonds is 4. The van der Waals surface area contributed by atoms with E-state index in [-0.39, 0.29) is 6.61 Å². The quantitative estimate of drug-likeness (QED) is 0.912. The molecule has 19 heavy (non-hydrogen) atoms. The van der Waals surface area contributed by atoms with Gasteiger partial charge < -0.3 is 10.1 Å². The van der Waals surface area contributed by atoms with E-state index in [2.05, 4.69) is 15.3 Å². The maximum atomic E-state index is 11.5. The zero-order valence-corrected chi connectivity index (χ0v) is 10.7. The van der Waals surface area contributed by atoms with Crippen molar-refractivity contribution in [2.75, 3.05) is 0 Å². The van der Waals surface area contributed by atoms with Gasteiger partial charge in [-0.25, -0.2) is 4.79 Å². The highest BCUT2D eigenvalue weighted by atomic mass is 16.5. The predicted octanol–water partition coefficient (Wildman–Crippen LogP) is 2.21. The van der Waals surface area contributed by atoms with E-state index in [9.17, 15) is 4.79 Å². The standard InChI is InChI=1S/C14H15N3O2/c1-11-13(16-8-7-15-11)9-17-14(18)19-10-12-5-3-2-4-6-12/h2-8H,9-10H2,1H3,(H,17,18). The first-order chi connectivity index (χ1) is 9.25. The lowest BCUT2D eigenvalue weighted by molar-refractivity contribution is 0.139. The highest BCUT2D eigenvalue weighted by Gasteiger charge is 2.05. The van der Waals surface area contributed by atoms with Gasteiger partial charge in [0, 0.05) is 12.4 Å². The molecule has 2 rings (SSSR count). The summed E-state index contributed by atoms with van der Waals surface area (Å²) in [4.78, 5) is 19.8. The maximum absolute atomic E-state index is 11.5. The summed E-state index contributed by atoms with van der Waals surface area (Å²) in [5.74, 6) is 0. The minimum atomic E-state index is -0.464. The van der Waals surface area contributed by atoms with E-state index in [1.807, 2.05) is 37.3 Å². The van der Waals surface area contributed by atoms with Crippen molar-refractivity contribution in [1.29, 1.82) is 0 Å². The molecule has 0 fully saturated rings. The Kier molecular flexibility index (Phi) is 4.44. The molecule has 1 aromatic carbocycles. The third-order valence-electron chi connectivity index (χ3n) is 2.60. The number of alkyl carbamates (subject to hydrolysis) is 1. The molecule has 5 nitrogen and oxygen atoms in total. The molecule has 0 atom stereocenters. The molecule has 1 heterocycles. The summed E-state index contributed by atoms with van der Waals surface area (Å²) in [7, 11) is 0. The number of benzene rings is 1. The summed E-state index contributed by atoms with van der Waals surface area (Å²) in [5.41, 5.74) is 2.48. The van der Waals surface area contributed by atoms with Crippen molar-refractivity contribution in [2.24, 2.45) is 0 Å². The highest BCUT2D eigenvalue weighted by Crippen LogP contribution is 2.01. The minimum absolute atomic E-state index is 0.256. The van der Waals surface area contributed by atoms with Crippen LogP contribution in [0.3, 0.4) is 0 Å². The van der Waals surface area contributed by atoms with Crippen molar-refractivity contribution in [3.05, 3.63) is 59.7 Å². The van der Waals surface area contributed by atoms with Crippen LogP contribution in [0.1, 0.15) is 17.0 Å². The average molecular weight is 257 g/mol. The number of hydrogen-bond acceptors (Lipinski definition) is 4. The number of carbonyl (C=O) groups is 1. The average Bonchev–Trinajstić information content (AvgIpc) is 2.45. The van der Waals surface area contributed by atoms with Gasteiger partial charge in [0.25, 0.3) is 0 Å². The van der Waals surface area contributed by atoms with Crippen LogP contribution in [0.2, 0.25) is 0 Å². The van der Waals surface area contributed by atoms with Crippen molar-refractivity contribution < 1.29 is 9.53 Å². The van der Waals surface area contributed by atoms with Crippen molar-refractivity contribution in [2.45, 2.75) is 20.1 Å². The monoisotopic (exact) mass is 257 g/mol. The summed E-state index contributed by atoms with van der Waals surface area (Å²) >= 11 is 0. The van der Waals surface area contributed by atoms with Gasteiger partial charge in [-0.05, 0) is 12.5 Å². The molecule has 2 aromatic rings. The molecule has 1 amide bonds. The van der Waals surface area contributed by atoms with E-state index in [0.29, 0.717) is 6.54 Å². The lowest BCUT2D eigenvalue weighted by atomic mass is 10.2. The van der Waals surface area contributed by atoms with E-state index >= 15 is 0 Å². The second-order valence-corrected chi connectivity index (χ2v) is 4.00. The lowest BCUT2D eigenvalue weighted by Gasteiger charge is -2.07. The normalized spacial score (nSPS) is 9.95. The molecule has 98 valence electrons. The molecule has 5 heteroatoms. The van der Waals surface area contributed by atoms with E-state index in [1.165, 1.54) is 0 Å². The highest BCUT2D eigenvalue weighted by molar-refractivity contribution is 5.67. The summed E-state index contributed by atoms with van der Waals surface area (Å²) in [6.45, 7) is 2.42. The second-order valence-electron chi connectivity index (χ2n) is 4.00. The van der Waals surface area contributed by atoms with Crippen LogP contribution in [0.4, 0.5) is 4.79 Å². The zero-order chi connectivity index (χ0) is 13.5. The Balaban J connectivity index is 1.78. The molecule has 0 saturated carbocycles. The summed E-state index contributed by atoms with van der Waals surface area (Å²) < 4.78 is 5.09. The van der Waals surface area contributed by atoms with Gasteiger partial charge in [-0.15, -0.1) is 0 Å². The second kappa shape index (κ2) is 6.49.